The average molecular weight is 221 g/mol. The van der Waals surface area contributed by atoms with Crippen LogP contribution in [0, 0.1) is 0 Å². The number of hydrogen-bond acceptors (Lipinski definition) is 3. The van der Waals surface area contributed by atoms with E-state index in [9.17, 15) is 0 Å². The monoisotopic (exact) mass is 221 g/mol. The van der Waals surface area contributed by atoms with Crippen molar-refractivity contribution in [2.24, 2.45) is 0 Å². The summed E-state index contributed by atoms with van der Waals surface area (Å²) in [6, 6.07) is 8.08. The summed E-state index contributed by atoms with van der Waals surface area (Å²) >= 11 is 0. The Labute approximate surface area is 96.6 Å². The van der Waals surface area contributed by atoms with Gasteiger partial charge in [0, 0.05) is 18.8 Å². The number of aliphatic hydroxyl groups excluding tert-OH is 1. The summed E-state index contributed by atoms with van der Waals surface area (Å²) < 4.78 is 5.70. The van der Waals surface area contributed by atoms with Crippen molar-refractivity contribution in [2.45, 2.75) is 32.7 Å². The SMILES string of the molecule is C[C@@H]1CN(c2ccc(CO)cc2)C[C@H](C)O1. The molecule has 16 heavy (non-hydrogen) atoms. The Balaban J connectivity index is 2.10. The summed E-state index contributed by atoms with van der Waals surface area (Å²) in [5.41, 5.74) is 2.16. The average Bonchev–Trinajstić information content (AvgIpc) is 2.28. The maximum atomic E-state index is 8.99. The first-order valence-electron chi connectivity index (χ1n) is 5.79. The first kappa shape index (κ1) is 11.4. The molecule has 1 heterocycles. The Morgan fingerprint density at radius 3 is 2.25 bits per heavy atom. The molecule has 88 valence electrons. The summed E-state index contributed by atoms with van der Waals surface area (Å²) in [4.78, 5) is 2.33. The molecule has 3 nitrogen and oxygen atoms in total. The summed E-state index contributed by atoms with van der Waals surface area (Å²) in [6.45, 7) is 6.18. The minimum atomic E-state index is 0.107. The number of anilines is 1. The molecule has 1 aliphatic rings. The van der Waals surface area contributed by atoms with E-state index < -0.39 is 0 Å². The highest BCUT2D eigenvalue weighted by molar-refractivity contribution is 5.48. The first-order chi connectivity index (χ1) is 7.69. The van der Waals surface area contributed by atoms with Crippen LogP contribution in [-0.2, 0) is 11.3 Å². The topological polar surface area (TPSA) is 32.7 Å². The van der Waals surface area contributed by atoms with E-state index in [4.69, 9.17) is 9.84 Å². The summed E-state index contributed by atoms with van der Waals surface area (Å²) in [5.74, 6) is 0. The predicted octanol–water partition coefficient (Wildman–Crippen LogP) is 1.79. The van der Waals surface area contributed by atoms with Crippen LogP contribution in [-0.4, -0.2) is 30.4 Å². The number of nitrogens with zero attached hydrogens (tertiary/aromatic N) is 1. The van der Waals surface area contributed by atoms with Crippen LogP contribution in [0.1, 0.15) is 19.4 Å². The van der Waals surface area contributed by atoms with Crippen molar-refractivity contribution in [1.29, 1.82) is 0 Å². The quantitative estimate of drug-likeness (QED) is 0.826. The van der Waals surface area contributed by atoms with E-state index >= 15 is 0 Å². The lowest BCUT2D eigenvalue weighted by molar-refractivity contribution is -0.00521. The molecule has 0 aromatic heterocycles. The Kier molecular flexibility index (Phi) is 3.46. The maximum Gasteiger partial charge on any atom is 0.0726 e. The molecule has 0 unspecified atom stereocenters. The second-order valence-corrected chi connectivity index (χ2v) is 4.49. The zero-order valence-electron chi connectivity index (χ0n) is 9.89. The summed E-state index contributed by atoms with van der Waals surface area (Å²) in [5, 5.41) is 8.99. The number of ether oxygens (including phenoxy) is 1. The van der Waals surface area contributed by atoms with Gasteiger partial charge in [-0.2, -0.15) is 0 Å². The lowest BCUT2D eigenvalue weighted by Crippen LogP contribution is -2.45. The molecule has 1 aromatic rings. The van der Waals surface area contributed by atoms with Crippen LogP contribution in [0.2, 0.25) is 0 Å². The number of rotatable bonds is 2. The van der Waals surface area contributed by atoms with Crippen molar-refractivity contribution >= 4 is 5.69 Å². The van der Waals surface area contributed by atoms with Gasteiger partial charge in [-0.1, -0.05) is 12.1 Å². The second kappa shape index (κ2) is 4.85. The smallest absolute Gasteiger partial charge is 0.0726 e. The molecular formula is C13H19NO2. The molecule has 1 fully saturated rings. The lowest BCUT2D eigenvalue weighted by Gasteiger charge is -2.36. The van der Waals surface area contributed by atoms with Crippen molar-refractivity contribution in [3.8, 4) is 0 Å². The van der Waals surface area contributed by atoms with Crippen molar-refractivity contribution in [1.82, 2.24) is 0 Å². The molecule has 0 radical (unpaired) electrons. The van der Waals surface area contributed by atoms with Crippen LogP contribution in [0.5, 0.6) is 0 Å². The summed E-state index contributed by atoms with van der Waals surface area (Å²) in [6.07, 6.45) is 0.558. The highest BCUT2D eigenvalue weighted by atomic mass is 16.5. The van der Waals surface area contributed by atoms with Gasteiger partial charge in [-0.05, 0) is 31.5 Å². The minimum Gasteiger partial charge on any atom is -0.392 e. The van der Waals surface area contributed by atoms with Gasteiger partial charge in [-0.15, -0.1) is 0 Å². The molecule has 3 heteroatoms. The molecule has 0 bridgehead atoms. The van der Waals surface area contributed by atoms with E-state index in [1.807, 2.05) is 12.1 Å². The van der Waals surface area contributed by atoms with Gasteiger partial charge in [0.15, 0.2) is 0 Å². The van der Waals surface area contributed by atoms with Crippen LogP contribution in [0.4, 0.5) is 5.69 Å². The summed E-state index contributed by atoms with van der Waals surface area (Å²) in [7, 11) is 0. The molecular weight excluding hydrogens is 202 g/mol. The lowest BCUT2D eigenvalue weighted by atomic mass is 10.1. The highest BCUT2D eigenvalue weighted by Crippen LogP contribution is 2.20. The number of morpholine rings is 1. The third-order valence-corrected chi connectivity index (χ3v) is 2.90. The van der Waals surface area contributed by atoms with Gasteiger partial charge < -0.3 is 14.7 Å². The maximum absolute atomic E-state index is 8.99. The molecule has 0 saturated carbocycles. The molecule has 0 aliphatic carbocycles. The third-order valence-electron chi connectivity index (χ3n) is 2.90. The fraction of sp³-hybridized carbons (Fsp3) is 0.538. The van der Waals surface area contributed by atoms with Gasteiger partial charge in [-0.3, -0.25) is 0 Å². The van der Waals surface area contributed by atoms with Gasteiger partial charge in [0.2, 0.25) is 0 Å². The number of aliphatic hydroxyl groups is 1. The van der Waals surface area contributed by atoms with Crippen molar-refractivity contribution in [3.63, 3.8) is 0 Å². The highest BCUT2D eigenvalue weighted by Gasteiger charge is 2.22. The standard InChI is InChI=1S/C13H19NO2/c1-10-7-14(8-11(2)16-10)13-5-3-12(9-15)4-6-13/h3-6,10-11,15H,7-9H2,1-2H3/t10-,11+. The normalized spacial score (nSPS) is 25.8. The first-order valence-corrected chi connectivity index (χ1v) is 5.79. The van der Waals surface area contributed by atoms with E-state index in [-0.39, 0.29) is 18.8 Å². The third kappa shape index (κ3) is 2.54. The van der Waals surface area contributed by atoms with E-state index in [2.05, 4.69) is 30.9 Å². The number of benzene rings is 1. The number of hydrogen-bond donors (Lipinski definition) is 1. The van der Waals surface area contributed by atoms with Crippen LogP contribution in [0.25, 0.3) is 0 Å². The minimum absolute atomic E-state index is 0.107. The molecule has 0 spiro atoms. The Morgan fingerprint density at radius 2 is 1.75 bits per heavy atom. The molecule has 1 N–H and O–H groups in total. The zero-order valence-corrected chi connectivity index (χ0v) is 9.89. The molecule has 0 amide bonds. The van der Waals surface area contributed by atoms with E-state index in [1.165, 1.54) is 5.69 Å². The molecule has 1 aromatic carbocycles. The molecule has 1 saturated heterocycles. The van der Waals surface area contributed by atoms with Gasteiger partial charge in [-0.25, -0.2) is 0 Å². The zero-order chi connectivity index (χ0) is 11.5. The second-order valence-electron chi connectivity index (χ2n) is 4.49. The van der Waals surface area contributed by atoms with Crippen molar-refractivity contribution < 1.29 is 9.84 Å². The Bertz CT molecular complexity index is 326. The van der Waals surface area contributed by atoms with Gasteiger partial charge >= 0.3 is 0 Å². The molecule has 1 aliphatic heterocycles. The van der Waals surface area contributed by atoms with E-state index in [0.29, 0.717) is 0 Å². The van der Waals surface area contributed by atoms with Crippen LogP contribution < -0.4 is 4.90 Å². The van der Waals surface area contributed by atoms with E-state index in [0.717, 1.165) is 18.7 Å². The van der Waals surface area contributed by atoms with Crippen molar-refractivity contribution in [2.75, 3.05) is 18.0 Å². The van der Waals surface area contributed by atoms with Crippen LogP contribution >= 0.6 is 0 Å². The van der Waals surface area contributed by atoms with Gasteiger partial charge in [0.05, 0.1) is 18.8 Å². The van der Waals surface area contributed by atoms with Crippen LogP contribution in [0.3, 0.4) is 0 Å². The molecule has 2 atom stereocenters. The largest absolute Gasteiger partial charge is 0.392 e. The van der Waals surface area contributed by atoms with Gasteiger partial charge in [0.1, 0.15) is 0 Å². The fourth-order valence-electron chi connectivity index (χ4n) is 2.20. The fourth-order valence-corrected chi connectivity index (χ4v) is 2.20. The predicted molar refractivity (Wildman–Crippen MR) is 64.6 cm³/mol. The van der Waals surface area contributed by atoms with Crippen molar-refractivity contribution in [3.05, 3.63) is 29.8 Å². The van der Waals surface area contributed by atoms with E-state index in [1.54, 1.807) is 0 Å². The Hall–Kier alpha value is -1.06. The van der Waals surface area contributed by atoms with Gasteiger partial charge in [0.25, 0.3) is 0 Å². The molecule has 2 rings (SSSR count). The van der Waals surface area contributed by atoms with Crippen LogP contribution in [0.15, 0.2) is 24.3 Å². The Morgan fingerprint density at radius 1 is 1.19 bits per heavy atom.